The molecule has 0 aliphatic carbocycles. The largest absolute Gasteiger partial charge is 0.481 e. The van der Waals surface area contributed by atoms with Gasteiger partial charge in [0.1, 0.15) is 0 Å². The molecule has 0 saturated heterocycles. The van der Waals surface area contributed by atoms with Gasteiger partial charge < -0.3 is 5.11 Å². The number of hydrogen-bond acceptors (Lipinski definition) is 3. The van der Waals surface area contributed by atoms with Gasteiger partial charge in [-0.2, -0.15) is 0 Å². The third-order valence-electron chi connectivity index (χ3n) is 3.41. The van der Waals surface area contributed by atoms with Crippen molar-refractivity contribution in [2.45, 2.75) is 40.5 Å². The third-order valence-corrected chi connectivity index (χ3v) is 3.41. The minimum atomic E-state index is -1.07. The Hall–Kier alpha value is -1.97. The van der Waals surface area contributed by atoms with Crippen molar-refractivity contribution in [3.8, 4) is 0 Å². The fourth-order valence-electron chi connectivity index (χ4n) is 2.03. The number of carboxylic acid groups (broad SMARTS) is 1. The van der Waals surface area contributed by atoms with E-state index in [4.69, 9.17) is 5.11 Å². The normalized spacial score (nSPS) is 10.3. The van der Waals surface area contributed by atoms with E-state index in [9.17, 15) is 14.4 Å². The van der Waals surface area contributed by atoms with Crippen molar-refractivity contribution in [2.75, 3.05) is 0 Å². The first-order valence-corrected chi connectivity index (χ1v) is 6.12. The van der Waals surface area contributed by atoms with E-state index in [0.717, 1.165) is 22.3 Å². The highest BCUT2D eigenvalue weighted by molar-refractivity contribution is 6.44. The maximum atomic E-state index is 12.2. The highest BCUT2D eigenvalue weighted by atomic mass is 16.4. The Balaban J connectivity index is 3.13. The van der Waals surface area contributed by atoms with Gasteiger partial charge in [-0.15, -0.1) is 0 Å². The van der Waals surface area contributed by atoms with Crippen LogP contribution in [0, 0.1) is 27.7 Å². The molecule has 1 aromatic rings. The van der Waals surface area contributed by atoms with Crippen LogP contribution in [0.25, 0.3) is 0 Å². The quantitative estimate of drug-likeness (QED) is 0.653. The summed E-state index contributed by atoms with van der Waals surface area (Å²) >= 11 is 0. The van der Waals surface area contributed by atoms with Crippen molar-refractivity contribution in [3.05, 3.63) is 33.9 Å². The van der Waals surface area contributed by atoms with Gasteiger partial charge in [0, 0.05) is 12.0 Å². The van der Waals surface area contributed by atoms with Crippen LogP contribution in [-0.2, 0) is 9.59 Å². The Morgan fingerprint density at radius 2 is 1.42 bits per heavy atom. The number of carbonyl (C=O) groups is 3. The van der Waals surface area contributed by atoms with Gasteiger partial charge >= 0.3 is 5.97 Å². The van der Waals surface area contributed by atoms with E-state index < -0.39 is 17.5 Å². The molecule has 0 spiro atoms. The zero-order valence-corrected chi connectivity index (χ0v) is 11.7. The summed E-state index contributed by atoms with van der Waals surface area (Å²) in [5, 5.41) is 8.55. The summed E-state index contributed by atoms with van der Waals surface area (Å²) in [6, 6.07) is 1.98. The SMILES string of the molecule is Cc1cc(C)c(C)c(C(=O)C(=O)CCC(=O)O)c1C. The zero-order valence-electron chi connectivity index (χ0n) is 11.7. The molecule has 0 heterocycles. The van der Waals surface area contributed by atoms with Crippen molar-refractivity contribution in [1.29, 1.82) is 0 Å². The van der Waals surface area contributed by atoms with Crippen molar-refractivity contribution in [2.24, 2.45) is 0 Å². The van der Waals surface area contributed by atoms with Crippen molar-refractivity contribution in [3.63, 3.8) is 0 Å². The predicted molar refractivity (Wildman–Crippen MR) is 71.6 cm³/mol. The van der Waals surface area contributed by atoms with Gasteiger partial charge in [0.05, 0.1) is 6.42 Å². The molecule has 102 valence electrons. The number of rotatable bonds is 5. The number of carboxylic acids is 1. The Morgan fingerprint density at radius 1 is 0.947 bits per heavy atom. The van der Waals surface area contributed by atoms with Crippen LogP contribution in [-0.4, -0.2) is 22.6 Å². The lowest BCUT2D eigenvalue weighted by Gasteiger charge is -2.13. The molecule has 0 aliphatic rings. The average molecular weight is 262 g/mol. The monoisotopic (exact) mass is 262 g/mol. The second-order valence-corrected chi connectivity index (χ2v) is 4.78. The van der Waals surface area contributed by atoms with Crippen LogP contribution in [0.15, 0.2) is 6.07 Å². The molecule has 1 rings (SSSR count). The van der Waals surface area contributed by atoms with Crippen LogP contribution >= 0.6 is 0 Å². The van der Waals surface area contributed by atoms with Gasteiger partial charge in [-0.3, -0.25) is 14.4 Å². The summed E-state index contributed by atoms with van der Waals surface area (Å²) in [6.07, 6.45) is -0.562. The molecule has 0 unspecified atom stereocenters. The van der Waals surface area contributed by atoms with E-state index >= 15 is 0 Å². The van der Waals surface area contributed by atoms with Crippen molar-refractivity contribution in [1.82, 2.24) is 0 Å². The highest BCUT2D eigenvalue weighted by Crippen LogP contribution is 2.22. The molecule has 4 heteroatoms. The minimum Gasteiger partial charge on any atom is -0.481 e. The van der Waals surface area contributed by atoms with E-state index in [-0.39, 0.29) is 12.8 Å². The van der Waals surface area contributed by atoms with Crippen LogP contribution < -0.4 is 0 Å². The van der Waals surface area contributed by atoms with Crippen LogP contribution in [0.4, 0.5) is 0 Å². The number of Topliss-reactive ketones (excluding diaryl/α,β-unsaturated/α-hetero) is 2. The molecule has 1 N–H and O–H groups in total. The van der Waals surface area contributed by atoms with Gasteiger partial charge in [-0.1, -0.05) is 6.07 Å². The van der Waals surface area contributed by atoms with Crippen molar-refractivity contribution < 1.29 is 19.5 Å². The number of aliphatic carboxylic acids is 1. The van der Waals surface area contributed by atoms with Crippen molar-refractivity contribution >= 4 is 17.5 Å². The number of carbonyl (C=O) groups excluding carboxylic acids is 2. The molecule has 0 bridgehead atoms. The third kappa shape index (κ3) is 3.28. The molecule has 4 nitrogen and oxygen atoms in total. The second kappa shape index (κ2) is 5.78. The Kier molecular flexibility index (Phi) is 4.59. The Bertz CT molecular complexity index is 530. The first kappa shape index (κ1) is 15.1. The van der Waals surface area contributed by atoms with Gasteiger partial charge in [0.15, 0.2) is 0 Å². The van der Waals surface area contributed by atoms with Gasteiger partial charge in [-0.25, -0.2) is 0 Å². The lowest BCUT2D eigenvalue weighted by Crippen LogP contribution is -2.18. The number of benzene rings is 1. The molecule has 0 amide bonds. The molecule has 0 fully saturated rings. The summed E-state index contributed by atoms with van der Waals surface area (Å²) in [6.45, 7) is 7.39. The first-order valence-electron chi connectivity index (χ1n) is 6.12. The second-order valence-electron chi connectivity index (χ2n) is 4.78. The van der Waals surface area contributed by atoms with E-state index in [1.807, 2.05) is 19.9 Å². The fourth-order valence-corrected chi connectivity index (χ4v) is 2.03. The fraction of sp³-hybridized carbons (Fsp3) is 0.400. The molecule has 0 aliphatic heterocycles. The first-order chi connectivity index (χ1) is 8.75. The van der Waals surface area contributed by atoms with Crippen LogP contribution in [0.1, 0.15) is 45.5 Å². The maximum absolute atomic E-state index is 12.2. The number of ketones is 2. The van der Waals surface area contributed by atoms with E-state index in [1.165, 1.54) is 0 Å². The van der Waals surface area contributed by atoms with E-state index in [2.05, 4.69) is 0 Å². The Morgan fingerprint density at radius 3 is 1.84 bits per heavy atom. The molecular formula is C15H18O4. The van der Waals surface area contributed by atoms with Gasteiger partial charge in [0.2, 0.25) is 11.6 Å². The lowest BCUT2D eigenvalue weighted by molar-refractivity contribution is -0.138. The molecule has 1 aromatic carbocycles. The highest BCUT2D eigenvalue weighted by Gasteiger charge is 2.22. The molecular weight excluding hydrogens is 244 g/mol. The lowest BCUT2D eigenvalue weighted by atomic mass is 9.90. The summed E-state index contributed by atoms with van der Waals surface area (Å²) in [5.74, 6) is -2.29. The van der Waals surface area contributed by atoms with Crippen LogP contribution in [0.5, 0.6) is 0 Å². The molecule has 0 aromatic heterocycles. The maximum Gasteiger partial charge on any atom is 0.303 e. The smallest absolute Gasteiger partial charge is 0.303 e. The van der Waals surface area contributed by atoms with E-state index in [0.29, 0.717) is 5.56 Å². The molecule has 0 radical (unpaired) electrons. The minimum absolute atomic E-state index is 0.250. The molecule has 0 atom stereocenters. The average Bonchev–Trinajstić information content (AvgIpc) is 2.33. The van der Waals surface area contributed by atoms with Crippen LogP contribution in [0.3, 0.4) is 0 Å². The number of aryl methyl sites for hydroxylation is 2. The van der Waals surface area contributed by atoms with Gasteiger partial charge in [-0.05, 0) is 49.9 Å². The summed E-state index contributed by atoms with van der Waals surface area (Å²) < 4.78 is 0. The van der Waals surface area contributed by atoms with Gasteiger partial charge in [0.25, 0.3) is 0 Å². The van der Waals surface area contributed by atoms with Crippen LogP contribution in [0.2, 0.25) is 0 Å². The standard InChI is InChI=1S/C15H18O4/c1-8-7-9(2)11(4)14(10(8)3)15(19)12(16)5-6-13(17)18/h7H,5-6H2,1-4H3,(H,17,18). The topological polar surface area (TPSA) is 71.4 Å². The zero-order chi connectivity index (χ0) is 14.7. The molecule has 0 saturated carbocycles. The van der Waals surface area contributed by atoms with E-state index in [1.54, 1.807) is 13.8 Å². The Labute approximate surface area is 112 Å². The summed E-state index contributed by atoms with van der Waals surface area (Å²) in [5.41, 5.74) is 3.91. The molecule has 19 heavy (non-hydrogen) atoms. The summed E-state index contributed by atoms with van der Waals surface area (Å²) in [7, 11) is 0. The summed E-state index contributed by atoms with van der Waals surface area (Å²) in [4.78, 5) is 34.4. The number of hydrogen-bond donors (Lipinski definition) is 1. The predicted octanol–water partition coefficient (Wildman–Crippen LogP) is 2.54.